The summed E-state index contributed by atoms with van der Waals surface area (Å²) in [5.74, 6) is 2.23. The molecule has 4 aromatic rings. The summed E-state index contributed by atoms with van der Waals surface area (Å²) in [7, 11) is 0.669. The summed E-state index contributed by atoms with van der Waals surface area (Å²) in [5.41, 5.74) is 5.30. The number of ether oxygens (including phenoxy) is 4. The molecule has 1 N–H and O–H groups in total. The van der Waals surface area contributed by atoms with Gasteiger partial charge in [0.2, 0.25) is 0 Å². The lowest BCUT2D eigenvalue weighted by Crippen LogP contribution is -2.35. The molecule has 0 aliphatic carbocycles. The fraction of sp³-hybridized carbons (Fsp3) is 0.200. The number of phenolic OH excluding ortho intramolecular Hbond substituents is 1. The number of rotatable bonds is 10. The maximum Gasteiger partial charge on any atom is 0.315 e. The van der Waals surface area contributed by atoms with Crippen LogP contribution < -0.4 is 18.4 Å². The molecule has 9 heteroatoms. The van der Waals surface area contributed by atoms with Crippen molar-refractivity contribution < 1.29 is 36.7 Å². The van der Waals surface area contributed by atoms with Gasteiger partial charge >= 0.3 is 10.1 Å². The van der Waals surface area contributed by atoms with Gasteiger partial charge < -0.3 is 28.2 Å². The Morgan fingerprint density at radius 3 is 1.93 bits per heavy atom. The molecule has 0 saturated carbocycles. The minimum Gasteiger partial charge on any atom is -0.508 e. The Morgan fingerprint density at radius 2 is 1.27 bits per heavy atom. The quantitative estimate of drug-likeness (QED) is 0.161. The van der Waals surface area contributed by atoms with E-state index in [2.05, 4.69) is 0 Å². The minimum absolute atomic E-state index is 0.150. The Morgan fingerprint density at radius 1 is 0.705 bits per heavy atom. The molecule has 1 saturated heterocycles. The lowest BCUT2D eigenvalue weighted by molar-refractivity contribution is 0.128. The Balaban J connectivity index is 1.33. The van der Waals surface area contributed by atoms with Gasteiger partial charge in [0, 0.05) is 18.6 Å². The highest BCUT2D eigenvalue weighted by Gasteiger charge is 2.53. The smallest absolute Gasteiger partial charge is 0.315 e. The summed E-state index contributed by atoms with van der Waals surface area (Å²) in [6, 6.07) is 27.0. The van der Waals surface area contributed by atoms with Gasteiger partial charge in [-0.15, -0.1) is 0 Å². The van der Waals surface area contributed by atoms with Crippen LogP contribution in [0, 0.1) is 0 Å². The minimum atomic E-state index is -4.07. The molecule has 3 atom stereocenters. The van der Waals surface area contributed by atoms with Crippen molar-refractivity contribution in [3.05, 3.63) is 113 Å². The van der Waals surface area contributed by atoms with E-state index in [4.69, 9.17) is 23.1 Å². The van der Waals surface area contributed by atoms with E-state index in [0.717, 1.165) is 33.4 Å². The number of hydrogen-bond donors (Lipinski definition) is 1. The maximum atomic E-state index is 13.6. The molecule has 2 bridgehead atoms. The Bertz CT molecular complexity index is 1800. The Hall–Kier alpha value is -4.73. The van der Waals surface area contributed by atoms with Crippen molar-refractivity contribution in [2.75, 3.05) is 21.3 Å². The normalized spacial score (nSPS) is 19.4. The van der Waals surface area contributed by atoms with Gasteiger partial charge in [0.25, 0.3) is 0 Å². The fourth-order valence-electron chi connectivity index (χ4n) is 5.73. The molecule has 1 fully saturated rings. The lowest BCUT2D eigenvalue weighted by Gasteiger charge is -2.25. The van der Waals surface area contributed by atoms with Gasteiger partial charge in [-0.2, -0.15) is 8.42 Å². The molecule has 0 radical (unpaired) electrons. The molecular weight excluding hydrogens is 580 g/mol. The zero-order valence-corrected chi connectivity index (χ0v) is 25.3. The van der Waals surface area contributed by atoms with Gasteiger partial charge in [0.05, 0.1) is 27.4 Å². The predicted molar refractivity (Wildman–Crippen MR) is 169 cm³/mol. The summed E-state index contributed by atoms with van der Waals surface area (Å²) >= 11 is 0. The van der Waals surface area contributed by atoms with Crippen molar-refractivity contribution in [1.82, 2.24) is 0 Å². The van der Waals surface area contributed by atoms with E-state index in [1.807, 2.05) is 66.7 Å². The molecular formula is C35H32O8S. The molecule has 3 unspecified atom stereocenters. The second kappa shape index (κ2) is 12.1. The molecule has 2 heterocycles. The summed E-state index contributed by atoms with van der Waals surface area (Å²) < 4.78 is 55.1. The van der Waals surface area contributed by atoms with Crippen LogP contribution in [0.3, 0.4) is 0 Å². The summed E-state index contributed by atoms with van der Waals surface area (Å²) in [6.07, 6.45) is 3.03. The molecule has 44 heavy (non-hydrogen) atoms. The third kappa shape index (κ3) is 5.89. The van der Waals surface area contributed by atoms with E-state index >= 15 is 0 Å². The fourth-order valence-corrected chi connectivity index (χ4v) is 7.14. The number of methoxy groups -OCH3 is 3. The molecule has 0 aromatic heterocycles. The number of aromatic hydroxyl groups is 1. The van der Waals surface area contributed by atoms with Crippen LogP contribution in [0.4, 0.5) is 0 Å². The van der Waals surface area contributed by atoms with Gasteiger partial charge in [-0.25, -0.2) is 0 Å². The van der Waals surface area contributed by atoms with Crippen molar-refractivity contribution in [1.29, 1.82) is 0 Å². The number of benzene rings is 4. The highest BCUT2D eigenvalue weighted by Crippen LogP contribution is 2.51. The van der Waals surface area contributed by atoms with Crippen LogP contribution in [0.2, 0.25) is 0 Å². The van der Waals surface area contributed by atoms with Crippen LogP contribution in [-0.2, 0) is 14.9 Å². The highest BCUT2D eigenvalue weighted by atomic mass is 32.2. The lowest BCUT2D eigenvalue weighted by atomic mass is 9.83. The Kier molecular flexibility index (Phi) is 8.07. The van der Waals surface area contributed by atoms with E-state index in [1.165, 1.54) is 13.2 Å². The van der Waals surface area contributed by atoms with Crippen molar-refractivity contribution >= 4 is 33.4 Å². The molecule has 2 aliphatic rings. The van der Waals surface area contributed by atoms with Crippen molar-refractivity contribution in [3.8, 4) is 28.7 Å². The van der Waals surface area contributed by atoms with E-state index in [-0.39, 0.29) is 17.9 Å². The van der Waals surface area contributed by atoms with Gasteiger partial charge in [-0.05, 0) is 69.8 Å². The van der Waals surface area contributed by atoms with Crippen LogP contribution in [0.15, 0.2) is 91.0 Å². The first kappa shape index (κ1) is 29.3. The highest BCUT2D eigenvalue weighted by molar-refractivity contribution is 7.87. The zero-order valence-electron chi connectivity index (χ0n) is 24.5. The summed E-state index contributed by atoms with van der Waals surface area (Å²) in [4.78, 5) is 0. The van der Waals surface area contributed by atoms with E-state index < -0.39 is 27.6 Å². The monoisotopic (exact) mass is 612 g/mol. The van der Waals surface area contributed by atoms with Crippen LogP contribution in [0.1, 0.15) is 28.7 Å². The largest absolute Gasteiger partial charge is 0.508 e. The SMILES string of the molecule is COc1cc(/C=C/c2ccc(C3=C(c4ccc(O)cc4)C4CC(S(=O)(=O)Oc5cccc(OC)c5)C3O4)cc2)cc(OC)c1. The topological polar surface area (TPSA) is 101 Å². The van der Waals surface area contributed by atoms with Crippen molar-refractivity contribution in [3.63, 3.8) is 0 Å². The van der Waals surface area contributed by atoms with E-state index in [0.29, 0.717) is 17.2 Å². The second-order valence-corrected chi connectivity index (χ2v) is 12.3. The zero-order chi connectivity index (χ0) is 30.8. The molecule has 2 aliphatic heterocycles. The third-order valence-corrected chi connectivity index (χ3v) is 9.46. The van der Waals surface area contributed by atoms with Crippen LogP contribution in [0.5, 0.6) is 28.7 Å². The molecule has 8 nitrogen and oxygen atoms in total. The van der Waals surface area contributed by atoms with Gasteiger partial charge in [-0.1, -0.05) is 54.6 Å². The molecule has 4 aromatic carbocycles. The number of fused-ring (bicyclic) bond motifs is 2. The summed E-state index contributed by atoms with van der Waals surface area (Å²) in [6.45, 7) is 0. The molecule has 226 valence electrons. The molecule has 6 rings (SSSR count). The summed E-state index contributed by atoms with van der Waals surface area (Å²) in [5, 5.41) is 8.98. The average molecular weight is 613 g/mol. The number of hydrogen-bond acceptors (Lipinski definition) is 8. The average Bonchev–Trinajstić information content (AvgIpc) is 3.64. The van der Waals surface area contributed by atoms with Crippen molar-refractivity contribution in [2.24, 2.45) is 0 Å². The van der Waals surface area contributed by atoms with Gasteiger partial charge in [0.15, 0.2) is 0 Å². The molecule has 0 amide bonds. The molecule has 0 spiro atoms. The van der Waals surface area contributed by atoms with Gasteiger partial charge in [-0.3, -0.25) is 0 Å². The van der Waals surface area contributed by atoms with Crippen LogP contribution in [0.25, 0.3) is 23.3 Å². The van der Waals surface area contributed by atoms with E-state index in [1.54, 1.807) is 44.6 Å². The second-order valence-electron chi connectivity index (χ2n) is 10.6. The first-order valence-electron chi connectivity index (χ1n) is 14.1. The first-order chi connectivity index (χ1) is 21.3. The van der Waals surface area contributed by atoms with Crippen LogP contribution in [-0.4, -0.2) is 52.3 Å². The third-order valence-electron chi connectivity index (χ3n) is 7.86. The van der Waals surface area contributed by atoms with Crippen molar-refractivity contribution in [2.45, 2.75) is 23.9 Å². The van der Waals surface area contributed by atoms with Crippen LogP contribution >= 0.6 is 0 Å². The van der Waals surface area contributed by atoms with E-state index in [9.17, 15) is 13.5 Å². The van der Waals surface area contributed by atoms with Gasteiger partial charge in [0.1, 0.15) is 40.1 Å². The maximum absolute atomic E-state index is 13.6. The number of phenols is 1. The first-order valence-corrected chi connectivity index (χ1v) is 15.5. The standard InChI is InChI=1S/C35H32O8S/c1-39-27-5-4-6-28(19-27)43-44(37,38)32-21-31-33(24-13-15-26(36)16-14-24)34(35(32)42-31)25-11-9-22(10-12-25)7-8-23-17-29(40-2)20-30(18-23)41-3/h4-20,31-32,35-36H,21H2,1-3H3/b8-7+. The predicted octanol–water partition coefficient (Wildman–Crippen LogP) is 6.45. The Labute approximate surface area is 256 Å².